The van der Waals surface area contributed by atoms with Crippen molar-refractivity contribution in [3.63, 3.8) is 0 Å². The fraction of sp³-hybridized carbons (Fsp3) is 0.636. The molecule has 1 aliphatic carbocycles. The van der Waals surface area contributed by atoms with E-state index in [0.29, 0.717) is 12.3 Å². The molecule has 0 aliphatic heterocycles. The van der Waals surface area contributed by atoms with Crippen molar-refractivity contribution in [2.75, 3.05) is 11.4 Å². The highest BCUT2D eigenvalue weighted by atomic mass is 16.6. The SMILES string of the molecule is CCc1ccccc1N(CC(=O)OC(C)(C)C)C(=O)CC1CCCCC1. The molecule has 0 N–H and O–H groups in total. The summed E-state index contributed by atoms with van der Waals surface area (Å²) in [7, 11) is 0. The van der Waals surface area contributed by atoms with E-state index < -0.39 is 5.60 Å². The predicted molar refractivity (Wildman–Crippen MR) is 105 cm³/mol. The summed E-state index contributed by atoms with van der Waals surface area (Å²) in [5.41, 5.74) is 1.36. The van der Waals surface area contributed by atoms with Crippen molar-refractivity contribution in [2.24, 2.45) is 5.92 Å². The van der Waals surface area contributed by atoms with Gasteiger partial charge in [0.2, 0.25) is 5.91 Å². The van der Waals surface area contributed by atoms with Crippen molar-refractivity contribution >= 4 is 17.6 Å². The first kappa shape index (κ1) is 20.5. The van der Waals surface area contributed by atoms with Crippen LogP contribution in [0.5, 0.6) is 0 Å². The second-order valence-electron chi connectivity index (χ2n) is 8.26. The number of para-hydroxylation sites is 1. The van der Waals surface area contributed by atoms with Gasteiger partial charge in [-0.3, -0.25) is 9.59 Å². The van der Waals surface area contributed by atoms with Gasteiger partial charge in [-0.05, 0) is 57.6 Å². The van der Waals surface area contributed by atoms with Gasteiger partial charge in [-0.1, -0.05) is 44.4 Å². The Hall–Kier alpha value is -1.84. The predicted octanol–water partition coefficient (Wildman–Crippen LogP) is 4.89. The number of rotatable bonds is 6. The Bertz CT molecular complexity index is 612. The molecule has 2 rings (SSSR count). The van der Waals surface area contributed by atoms with Crippen LogP contribution in [0.4, 0.5) is 5.69 Å². The average molecular weight is 360 g/mol. The van der Waals surface area contributed by atoms with Crippen LogP contribution in [0.2, 0.25) is 0 Å². The van der Waals surface area contributed by atoms with Crippen molar-refractivity contribution in [3.05, 3.63) is 29.8 Å². The van der Waals surface area contributed by atoms with Crippen LogP contribution in [0.25, 0.3) is 0 Å². The standard InChI is InChI=1S/C22H33NO3/c1-5-18-13-9-10-14-19(18)23(16-21(25)26-22(2,3)4)20(24)15-17-11-7-6-8-12-17/h9-10,13-14,17H,5-8,11-12,15-16H2,1-4H3. The van der Waals surface area contributed by atoms with E-state index in [1.54, 1.807) is 4.90 Å². The zero-order valence-corrected chi connectivity index (χ0v) is 16.7. The number of hydrogen-bond acceptors (Lipinski definition) is 3. The Labute approximate surface area is 157 Å². The molecule has 0 aromatic heterocycles. The zero-order chi connectivity index (χ0) is 19.2. The van der Waals surface area contributed by atoms with Crippen LogP contribution in [0.15, 0.2) is 24.3 Å². The molecule has 0 heterocycles. The maximum absolute atomic E-state index is 13.1. The zero-order valence-electron chi connectivity index (χ0n) is 16.7. The number of aryl methyl sites for hydroxylation is 1. The number of carbonyl (C=O) groups excluding carboxylic acids is 2. The van der Waals surface area contributed by atoms with Crippen LogP contribution in [-0.4, -0.2) is 24.0 Å². The Morgan fingerprint density at radius 1 is 1.12 bits per heavy atom. The third-order valence-corrected chi connectivity index (χ3v) is 4.86. The monoisotopic (exact) mass is 359 g/mol. The molecule has 1 aromatic carbocycles. The highest BCUT2D eigenvalue weighted by Gasteiger charge is 2.27. The number of hydrogen-bond donors (Lipinski definition) is 0. The molecule has 1 fully saturated rings. The lowest BCUT2D eigenvalue weighted by Crippen LogP contribution is -2.40. The molecule has 144 valence electrons. The summed E-state index contributed by atoms with van der Waals surface area (Å²) in [6, 6.07) is 7.84. The van der Waals surface area contributed by atoms with E-state index in [1.165, 1.54) is 19.3 Å². The third kappa shape index (κ3) is 6.15. The number of nitrogens with zero attached hydrogens (tertiary/aromatic N) is 1. The Kier molecular flexibility index (Phi) is 7.24. The second-order valence-corrected chi connectivity index (χ2v) is 8.26. The molecule has 0 bridgehead atoms. The van der Waals surface area contributed by atoms with Crippen LogP contribution >= 0.6 is 0 Å². The number of amides is 1. The normalized spacial score (nSPS) is 15.5. The first-order valence-corrected chi connectivity index (χ1v) is 9.90. The molecule has 1 aliphatic rings. The van der Waals surface area contributed by atoms with E-state index in [-0.39, 0.29) is 18.4 Å². The summed E-state index contributed by atoms with van der Waals surface area (Å²) in [4.78, 5) is 27.2. The van der Waals surface area contributed by atoms with E-state index in [2.05, 4.69) is 6.92 Å². The van der Waals surface area contributed by atoms with E-state index in [0.717, 1.165) is 30.5 Å². The van der Waals surface area contributed by atoms with E-state index in [1.807, 2.05) is 45.0 Å². The summed E-state index contributed by atoms with van der Waals surface area (Å²) in [5, 5.41) is 0. The van der Waals surface area contributed by atoms with Gasteiger partial charge in [-0.2, -0.15) is 0 Å². The molecule has 0 saturated heterocycles. The molecular formula is C22H33NO3. The lowest BCUT2D eigenvalue weighted by Gasteiger charge is -2.29. The Morgan fingerprint density at radius 3 is 2.38 bits per heavy atom. The molecule has 26 heavy (non-hydrogen) atoms. The molecule has 4 heteroatoms. The van der Waals surface area contributed by atoms with Crippen molar-refractivity contribution in [2.45, 2.75) is 78.2 Å². The number of ether oxygens (including phenoxy) is 1. The average Bonchev–Trinajstić information content (AvgIpc) is 2.59. The molecule has 0 radical (unpaired) electrons. The minimum Gasteiger partial charge on any atom is -0.459 e. The second kappa shape index (κ2) is 9.20. The lowest BCUT2D eigenvalue weighted by molar-refractivity contribution is -0.153. The number of esters is 1. The van der Waals surface area contributed by atoms with Gasteiger partial charge in [0, 0.05) is 12.1 Å². The van der Waals surface area contributed by atoms with Gasteiger partial charge in [0.05, 0.1) is 0 Å². The van der Waals surface area contributed by atoms with Gasteiger partial charge >= 0.3 is 5.97 Å². The van der Waals surface area contributed by atoms with Gasteiger partial charge in [0.15, 0.2) is 0 Å². The van der Waals surface area contributed by atoms with Crippen LogP contribution in [-0.2, 0) is 20.7 Å². The summed E-state index contributed by atoms with van der Waals surface area (Å²) in [6.07, 6.45) is 7.23. The minimum atomic E-state index is -0.556. The van der Waals surface area contributed by atoms with Gasteiger partial charge in [-0.25, -0.2) is 0 Å². The van der Waals surface area contributed by atoms with Crippen LogP contribution in [0.1, 0.15) is 71.8 Å². The first-order chi connectivity index (χ1) is 12.3. The maximum atomic E-state index is 13.1. The number of carbonyl (C=O) groups is 2. The Morgan fingerprint density at radius 2 is 1.77 bits per heavy atom. The molecule has 1 aromatic rings. The van der Waals surface area contributed by atoms with E-state index in [4.69, 9.17) is 4.74 Å². The molecule has 0 unspecified atom stereocenters. The molecule has 1 saturated carbocycles. The fourth-order valence-electron chi connectivity index (χ4n) is 3.63. The summed E-state index contributed by atoms with van der Waals surface area (Å²) >= 11 is 0. The van der Waals surface area contributed by atoms with Crippen LogP contribution in [0.3, 0.4) is 0 Å². The van der Waals surface area contributed by atoms with E-state index >= 15 is 0 Å². The molecule has 0 atom stereocenters. The third-order valence-electron chi connectivity index (χ3n) is 4.86. The van der Waals surface area contributed by atoms with Crippen molar-refractivity contribution in [1.29, 1.82) is 0 Å². The van der Waals surface area contributed by atoms with Crippen LogP contribution < -0.4 is 4.90 Å². The fourth-order valence-corrected chi connectivity index (χ4v) is 3.63. The molecule has 1 amide bonds. The summed E-state index contributed by atoms with van der Waals surface area (Å²) < 4.78 is 5.47. The van der Waals surface area contributed by atoms with Crippen molar-refractivity contribution in [3.8, 4) is 0 Å². The Balaban J connectivity index is 2.19. The topological polar surface area (TPSA) is 46.6 Å². The number of benzene rings is 1. The van der Waals surface area contributed by atoms with Gasteiger partial charge in [0.1, 0.15) is 12.1 Å². The first-order valence-electron chi connectivity index (χ1n) is 9.90. The minimum absolute atomic E-state index is 0.0279. The quantitative estimate of drug-likeness (QED) is 0.679. The molecule has 4 nitrogen and oxygen atoms in total. The molecular weight excluding hydrogens is 326 g/mol. The molecule has 0 spiro atoms. The highest BCUT2D eigenvalue weighted by Crippen LogP contribution is 2.29. The van der Waals surface area contributed by atoms with Gasteiger partial charge in [-0.15, -0.1) is 0 Å². The van der Waals surface area contributed by atoms with Gasteiger partial charge < -0.3 is 9.64 Å². The van der Waals surface area contributed by atoms with Gasteiger partial charge in [0.25, 0.3) is 0 Å². The summed E-state index contributed by atoms with van der Waals surface area (Å²) in [6.45, 7) is 7.58. The van der Waals surface area contributed by atoms with Crippen LogP contribution in [0, 0.1) is 5.92 Å². The van der Waals surface area contributed by atoms with Crippen molar-refractivity contribution in [1.82, 2.24) is 0 Å². The lowest BCUT2D eigenvalue weighted by atomic mass is 9.86. The largest absolute Gasteiger partial charge is 0.459 e. The smallest absolute Gasteiger partial charge is 0.326 e. The number of anilines is 1. The highest BCUT2D eigenvalue weighted by molar-refractivity contribution is 5.98. The summed E-state index contributed by atoms with van der Waals surface area (Å²) in [5.74, 6) is 0.107. The maximum Gasteiger partial charge on any atom is 0.326 e. The van der Waals surface area contributed by atoms with Crippen molar-refractivity contribution < 1.29 is 14.3 Å². The van der Waals surface area contributed by atoms with E-state index in [9.17, 15) is 9.59 Å².